The van der Waals surface area contributed by atoms with Gasteiger partial charge in [0, 0.05) is 6.42 Å². The highest BCUT2D eigenvalue weighted by Gasteiger charge is 2.23. The van der Waals surface area contributed by atoms with Crippen molar-refractivity contribution in [2.45, 2.75) is 109 Å². The monoisotopic (exact) mass is 454 g/mol. The van der Waals surface area contributed by atoms with Gasteiger partial charge >= 0.3 is 17.9 Å². The molecule has 31 heavy (non-hydrogen) atoms. The summed E-state index contributed by atoms with van der Waals surface area (Å²) in [6, 6.07) is 0. The summed E-state index contributed by atoms with van der Waals surface area (Å²) >= 11 is 0. The largest absolute Gasteiger partial charge is 0.481 e. The third kappa shape index (κ3) is 22.7. The molecule has 1 aliphatic rings. The van der Waals surface area contributed by atoms with Crippen molar-refractivity contribution in [1.82, 2.24) is 0 Å². The van der Waals surface area contributed by atoms with E-state index in [1.165, 1.54) is 6.92 Å². The lowest BCUT2D eigenvalue weighted by Crippen LogP contribution is -2.30. The number of aliphatic hydroxyl groups is 5. The van der Waals surface area contributed by atoms with Crippen LogP contribution in [0.5, 0.6) is 0 Å². The number of hydrogen-bond donors (Lipinski definition) is 7. The molecule has 1 aliphatic heterocycles. The molecule has 11 nitrogen and oxygen atoms in total. The van der Waals surface area contributed by atoms with Crippen LogP contribution in [0.15, 0.2) is 0 Å². The topological polar surface area (TPSA) is 202 Å². The number of carboxylic acids is 2. The van der Waals surface area contributed by atoms with Crippen LogP contribution < -0.4 is 0 Å². The quantitative estimate of drug-likeness (QED) is 0.220. The molecule has 0 aromatic carbocycles. The van der Waals surface area contributed by atoms with Gasteiger partial charge in [-0.3, -0.25) is 14.4 Å². The minimum atomic E-state index is -1.05. The molecule has 11 heteroatoms. The van der Waals surface area contributed by atoms with Crippen LogP contribution in [-0.4, -0.2) is 90.3 Å². The maximum Gasteiger partial charge on any atom is 0.308 e. The third-order valence-electron chi connectivity index (χ3n) is 3.94. The van der Waals surface area contributed by atoms with Crippen molar-refractivity contribution in [2.75, 3.05) is 0 Å². The van der Waals surface area contributed by atoms with Gasteiger partial charge < -0.3 is 40.5 Å². The van der Waals surface area contributed by atoms with E-state index in [1.807, 2.05) is 6.92 Å². The van der Waals surface area contributed by atoms with Gasteiger partial charge in [0.25, 0.3) is 0 Å². The molecule has 1 fully saturated rings. The Bertz CT molecular complexity index is 497. The summed E-state index contributed by atoms with van der Waals surface area (Å²) in [5.74, 6) is -2.37. The molecule has 1 saturated heterocycles. The van der Waals surface area contributed by atoms with Crippen molar-refractivity contribution in [1.29, 1.82) is 0 Å². The Labute approximate surface area is 182 Å². The van der Waals surface area contributed by atoms with E-state index in [0.717, 1.165) is 6.42 Å². The van der Waals surface area contributed by atoms with E-state index in [2.05, 4.69) is 0 Å². The minimum Gasteiger partial charge on any atom is -0.481 e. The van der Waals surface area contributed by atoms with Crippen molar-refractivity contribution in [3.05, 3.63) is 0 Å². The van der Waals surface area contributed by atoms with Crippen molar-refractivity contribution < 1.29 is 54.9 Å². The highest BCUT2D eigenvalue weighted by atomic mass is 16.5. The Hall–Kier alpha value is -1.79. The van der Waals surface area contributed by atoms with Crippen molar-refractivity contribution in [3.8, 4) is 0 Å². The van der Waals surface area contributed by atoms with Gasteiger partial charge in [0.2, 0.25) is 0 Å². The average molecular weight is 455 g/mol. The Morgan fingerprint density at radius 2 is 1.48 bits per heavy atom. The lowest BCUT2D eigenvalue weighted by molar-refractivity contribution is -0.158. The number of aliphatic hydroxyl groups excluding tert-OH is 5. The molecule has 184 valence electrons. The van der Waals surface area contributed by atoms with Crippen LogP contribution >= 0.6 is 0 Å². The molecule has 0 bridgehead atoms. The molecule has 0 aliphatic carbocycles. The summed E-state index contributed by atoms with van der Waals surface area (Å²) < 4.78 is 4.76. The van der Waals surface area contributed by atoms with Crippen LogP contribution in [0, 0.1) is 0 Å². The summed E-state index contributed by atoms with van der Waals surface area (Å²) in [6.45, 7) is 5.21. The number of esters is 1. The Morgan fingerprint density at radius 3 is 1.84 bits per heavy atom. The van der Waals surface area contributed by atoms with Gasteiger partial charge in [-0.05, 0) is 33.1 Å². The zero-order chi connectivity index (χ0) is 24.6. The Kier molecular flexibility index (Phi) is 18.1. The van der Waals surface area contributed by atoms with E-state index in [4.69, 9.17) is 35.4 Å². The molecule has 0 saturated carbocycles. The zero-order valence-electron chi connectivity index (χ0n) is 18.4. The van der Waals surface area contributed by atoms with E-state index in [0.29, 0.717) is 12.8 Å². The zero-order valence-corrected chi connectivity index (χ0v) is 18.4. The van der Waals surface area contributed by atoms with Gasteiger partial charge in [0.1, 0.15) is 6.10 Å². The number of carbonyl (C=O) groups excluding carboxylic acids is 1. The van der Waals surface area contributed by atoms with Crippen molar-refractivity contribution >= 4 is 17.9 Å². The van der Waals surface area contributed by atoms with E-state index < -0.39 is 42.5 Å². The third-order valence-corrected chi connectivity index (χ3v) is 3.94. The summed E-state index contributed by atoms with van der Waals surface area (Å²) in [6.07, 6.45) is -1.83. The molecule has 6 atom stereocenters. The predicted octanol–water partition coefficient (Wildman–Crippen LogP) is 0.0388. The fourth-order valence-corrected chi connectivity index (χ4v) is 2.71. The molecule has 1 heterocycles. The smallest absolute Gasteiger partial charge is 0.308 e. The number of carbonyl (C=O) groups is 3. The predicted molar refractivity (Wildman–Crippen MR) is 109 cm³/mol. The van der Waals surface area contributed by atoms with Crippen molar-refractivity contribution in [2.24, 2.45) is 0 Å². The first kappa shape index (κ1) is 31.4. The van der Waals surface area contributed by atoms with Gasteiger partial charge in [-0.2, -0.15) is 0 Å². The highest BCUT2D eigenvalue weighted by Crippen LogP contribution is 2.13. The molecule has 7 N–H and O–H groups in total. The van der Waals surface area contributed by atoms with Crippen LogP contribution in [0.2, 0.25) is 0 Å². The molecule has 0 spiro atoms. The fraction of sp³-hybridized carbons (Fsp3) is 0.850. The molecule has 0 amide bonds. The number of aliphatic carboxylic acids is 2. The van der Waals surface area contributed by atoms with Gasteiger partial charge in [0.05, 0.1) is 49.8 Å². The van der Waals surface area contributed by atoms with Gasteiger partial charge in [-0.1, -0.05) is 13.3 Å². The molecular weight excluding hydrogens is 416 g/mol. The number of cyclic esters (lactones) is 1. The number of carboxylic acid groups (broad SMARTS) is 2. The first-order valence-corrected chi connectivity index (χ1v) is 10.3. The second-order valence-corrected chi connectivity index (χ2v) is 7.66. The summed E-state index contributed by atoms with van der Waals surface area (Å²) in [5.41, 5.74) is 0. The van der Waals surface area contributed by atoms with Gasteiger partial charge in [-0.25, -0.2) is 0 Å². The minimum absolute atomic E-state index is 0.110. The normalized spacial score (nSPS) is 21.7. The van der Waals surface area contributed by atoms with Crippen LogP contribution in [0.1, 0.15) is 72.1 Å². The second kappa shape index (κ2) is 17.8. The molecule has 1 rings (SSSR count). The number of ether oxygens (including phenoxy) is 1. The Balaban J connectivity index is 0. The lowest BCUT2D eigenvalue weighted by atomic mass is 10.1. The summed E-state index contributed by atoms with van der Waals surface area (Å²) in [7, 11) is 0. The summed E-state index contributed by atoms with van der Waals surface area (Å²) in [4.78, 5) is 30.6. The van der Waals surface area contributed by atoms with E-state index in [9.17, 15) is 19.5 Å². The van der Waals surface area contributed by atoms with Gasteiger partial charge in [-0.15, -0.1) is 0 Å². The maximum atomic E-state index is 10.5. The Morgan fingerprint density at radius 1 is 1.00 bits per heavy atom. The number of rotatable bonds is 10. The van der Waals surface area contributed by atoms with Crippen LogP contribution in [-0.2, 0) is 19.1 Å². The molecule has 0 aromatic heterocycles. The van der Waals surface area contributed by atoms with E-state index in [-0.39, 0.29) is 44.2 Å². The molecule has 0 aromatic rings. The summed E-state index contributed by atoms with van der Waals surface area (Å²) in [5, 5.41) is 61.2. The average Bonchev–Trinajstić information content (AvgIpc) is 2.52. The van der Waals surface area contributed by atoms with Crippen LogP contribution in [0.25, 0.3) is 0 Å². The van der Waals surface area contributed by atoms with Crippen molar-refractivity contribution in [3.63, 3.8) is 0 Å². The lowest BCUT2D eigenvalue weighted by Gasteiger charge is -2.22. The first-order chi connectivity index (χ1) is 14.3. The maximum absolute atomic E-state index is 10.5. The molecule has 0 radical (unpaired) electrons. The number of hydrogen-bond acceptors (Lipinski definition) is 9. The first-order valence-electron chi connectivity index (χ1n) is 10.3. The SMILES string of the molecule is CC(O)C[C@@H](O)CC(=O)O.CC1C[C@@H](O)CC(=O)O1.CCCC(O)C[C@@H](O)CC(=O)O. The van der Waals surface area contributed by atoms with Gasteiger partial charge in [0.15, 0.2) is 0 Å². The van der Waals surface area contributed by atoms with E-state index >= 15 is 0 Å². The highest BCUT2D eigenvalue weighted by molar-refractivity contribution is 5.70. The van der Waals surface area contributed by atoms with Crippen LogP contribution in [0.3, 0.4) is 0 Å². The molecule has 3 unspecified atom stereocenters. The standard InChI is InChI=1S/C8H16O4.C6H12O4.C6H10O3/c1-2-3-6(9)4-7(10)5-8(11)12;1-4(7)2-5(8)3-6(9)10;1-4-2-5(7)3-6(8)9-4/h6-7,9-10H,2-5H2,1H3,(H,11,12);4-5,7-8H,2-3H2,1H3,(H,9,10);4-5,7H,2-3H2,1H3/t6?,7-;2*4?,5-/m111/s1. The fourth-order valence-electron chi connectivity index (χ4n) is 2.71. The van der Waals surface area contributed by atoms with E-state index in [1.54, 1.807) is 6.92 Å². The second-order valence-electron chi connectivity index (χ2n) is 7.66. The van der Waals surface area contributed by atoms with Crippen LogP contribution in [0.4, 0.5) is 0 Å². The molecular formula is C20H38O11.